The standard InChI is InChI=1S/C14H21BrN4O/c1-3-7-19-14(20)13(15)12(9-17-19)18(2)11-6-4-5-10(11)8-16/h3,9-11H,1,4-8,16H2,2H3. The molecule has 2 atom stereocenters. The van der Waals surface area contributed by atoms with Gasteiger partial charge in [-0.1, -0.05) is 12.5 Å². The molecule has 0 aliphatic heterocycles. The first-order valence-electron chi connectivity index (χ1n) is 6.89. The van der Waals surface area contributed by atoms with Crippen LogP contribution in [-0.4, -0.2) is 29.4 Å². The summed E-state index contributed by atoms with van der Waals surface area (Å²) in [6, 6.07) is 0.382. The van der Waals surface area contributed by atoms with Gasteiger partial charge in [0.2, 0.25) is 0 Å². The van der Waals surface area contributed by atoms with Crippen molar-refractivity contribution >= 4 is 21.6 Å². The van der Waals surface area contributed by atoms with Crippen LogP contribution in [0.5, 0.6) is 0 Å². The predicted molar refractivity (Wildman–Crippen MR) is 85.0 cm³/mol. The van der Waals surface area contributed by atoms with Crippen molar-refractivity contribution in [3.05, 3.63) is 33.7 Å². The molecule has 1 aliphatic carbocycles. The lowest BCUT2D eigenvalue weighted by Crippen LogP contribution is -2.39. The summed E-state index contributed by atoms with van der Waals surface area (Å²) in [6.45, 7) is 4.73. The van der Waals surface area contributed by atoms with E-state index in [2.05, 4.69) is 32.5 Å². The lowest BCUT2D eigenvalue weighted by atomic mass is 10.0. The number of nitrogens with zero attached hydrogens (tertiary/aromatic N) is 3. The minimum Gasteiger partial charge on any atom is -0.369 e. The third kappa shape index (κ3) is 2.81. The van der Waals surface area contributed by atoms with Gasteiger partial charge in [0.15, 0.2) is 0 Å². The lowest BCUT2D eigenvalue weighted by molar-refractivity contribution is 0.472. The predicted octanol–water partition coefficient (Wildman–Crippen LogP) is 1.76. The summed E-state index contributed by atoms with van der Waals surface area (Å²) in [4.78, 5) is 14.3. The number of anilines is 1. The highest BCUT2D eigenvalue weighted by Gasteiger charge is 2.30. The fourth-order valence-corrected chi connectivity index (χ4v) is 3.52. The summed E-state index contributed by atoms with van der Waals surface area (Å²) in [5, 5.41) is 4.20. The second-order valence-electron chi connectivity index (χ2n) is 5.22. The van der Waals surface area contributed by atoms with Crippen LogP contribution >= 0.6 is 15.9 Å². The molecule has 5 nitrogen and oxygen atoms in total. The van der Waals surface area contributed by atoms with Crippen molar-refractivity contribution in [1.82, 2.24) is 9.78 Å². The smallest absolute Gasteiger partial charge is 0.283 e. The van der Waals surface area contributed by atoms with Gasteiger partial charge < -0.3 is 10.6 Å². The van der Waals surface area contributed by atoms with E-state index in [9.17, 15) is 4.79 Å². The van der Waals surface area contributed by atoms with Crippen LogP contribution in [0, 0.1) is 5.92 Å². The molecule has 0 spiro atoms. The Bertz CT molecular complexity index is 542. The van der Waals surface area contributed by atoms with E-state index in [-0.39, 0.29) is 5.56 Å². The number of allylic oxidation sites excluding steroid dienone is 1. The molecule has 1 fully saturated rings. The molecule has 1 aliphatic rings. The molecular formula is C14H21BrN4O. The summed E-state index contributed by atoms with van der Waals surface area (Å²) in [6.07, 6.45) is 6.85. The summed E-state index contributed by atoms with van der Waals surface area (Å²) < 4.78 is 1.95. The Labute approximate surface area is 127 Å². The highest BCUT2D eigenvalue weighted by atomic mass is 79.9. The Hall–Kier alpha value is -1.14. The number of aromatic nitrogens is 2. The number of nitrogens with two attached hydrogens (primary N) is 1. The molecular weight excluding hydrogens is 320 g/mol. The van der Waals surface area contributed by atoms with Gasteiger partial charge in [-0.05, 0) is 41.2 Å². The molecule has 1 heterocycles. The molecule has 2 rings (SSSR count). The fourth-order valence-electron chi connectivity index (χ4n) is 2.94. The second-order valence-corrected chi connectivity index (χ2v) is 6.02. The average molecular weight is 341 g/mol. The molecule has 0 saturated heterocycles. The number of hydrogen-bond acceptors (Lipinski definition) is 4. The highest BCUT2D eigenvalue weighted by Crippen LogP contribution is 2.33. The lowest BCUT2D eigenvalue weighted by Gasteiger charge is -2.31. The van der Waals surface area contributed by atoms with Crippen LogP contribution in [0.2, 0.25) is 0 Å². The van der Waals surface area contributed by atoms with Crippen molar-refractivity contribution in [2.45, 2.75) is 31.8 Å². The van der Waals surface area contributed by atoms with Gasteiger partial charge in [0.05, 0.1) is 18.4 Å². The van der Waals surface area contributed by atoms with E-state index < -0.39 is 0 Å². The highest BCUT2D eigenvalue weighted by molar-refractivity contribution is 9.10. The molecule has 0 amide bonds. The zero-order valence-corrected chi connectivity index (χ0v) is 13.3. The zero-order valence-electron chi connectivity index (χ0n) is 11.8. The average Bonchev–Trinajstić information content (AvgIpc) is 2.92. The fraction of sp³-hybridized carbons (Fsp3) is 0.571. The summed E-state index contributed by atoms with van der Waals surface area (Å²) in [5.74, 6) is 0.488. The van der Waals surface area contributed by atoms with Gasteiger partial charge >= 0.3 is 0 Å². The van der Waals surface area contributed by atoms with Crippen LogP contribution in [0.15, 0.2) is 28.1 Å². The van der Waals surface area contributed by atoms with Crippen molar-refractivity contribution < 1.29 is 0 Å². The Morgan fingerprint density at radius 3 is 3.05 bits per heavy atom. The van der Waals surface area contributed by atoms with Crippen molar-refractivity contribution in [3.63, 3.8) is 0 Å². The van der Waals surface area contributed by atoms with Gasteiger partial charge in [-0.2, -0.15) is 5.10 Å². The zero-order chi connectivity index (χ0) is 14.7. The quantitative estimate of drug-likeness (QED) is 0.829. The maximum Gasteiger partial charge on any atom is 0.283 e. The van der Waals surface area contributed by atoms with E-state index in [1.807, 2.05) is 7.05 Å². The molecule has 110 valence electrons. The molecule has 0 aromatic carbocycles. The second kappa shape index (κ2) is 6.54. The normalized spacial score (nSPS) is 21.9. The first kappa shape index (κ1) is 15.3. The van der Waals surface area contributed by atoms with Gasteiger partial charge in [-0.25, -0.2) is 4.68 Å². The van der Waals surface area contributed by atoms with E-state index in [1.165, 1.54) is 11.1 Å². The summed E-state index contributed by atoms with van der Waals surface area (Å²) in [7, 11) is 2.01. The van der Waals surface area contributed by atoms with Crippen LogP contribution in [0.1, 0.15) is 19.3 Å². The molecule has 1 saturated carbocycles. The minimum absolute atomic E-state index is 0.128. The number of halogens is 1. The van der Waals surface area contributed by atoms with E-state index in [4.69, 9.17) is 5.73 Å². The third-order valence-electron chi connectivity index (χ3n) is 4.07. The Morgan fingerprint density at radius 1 is 1.65 bits per heavy atom. The summed E-state index contributed by atoms with van der Waals surface area (Å²) >= 11 is 3.41. The molecule has 2 unspecified atom stereocenters. The van der Waals surface area contributed by atoms with Gasteiger partial charge in [-0.3, -0.25) is 4.79 Å². The van der Waals surface area contributed by atoms with E-state index in [1.54, 1.807) is 12.3 Å². The van der Waals surface area contributed by atoms with Gasteiger partial charge in [-0.15, -0.1) is 6.58 Å². The Balaban J connectivity index is 2.31. The monoisotopic (exact) mass is 340 g/mol. The molecule has 1 aromatic rings. The molecule has 1 aromatic heterocycles. The first-order chi connectivity index (χ1) is 9.60. The first-order valence-corrected chi connectivity index (χ1v) is 7.68. The molecule has 0 bridgehead atoms. The van der Waals surface area contributed by atoms with Crippen LogP contribution in [-0.2, 0) is 6.54 Å². The van der Waals surface area contributed by atoms with Crippen molar-refractivity contribution in [2.24, 2.45) is 11.7 Å². The minimum atomic E-state index is -0.128. The van der Waals surface area contributed by atoms with Crippen molar-refractivity contribution in [1.29, 1.82) is 0 Å². The van der Waals surface area contributed by atoms with E-state index in [0.29, 0.717) is 29.5 Å². The topological polar surface area (TPSA) is 64.2 Å². The Kier molecular flexibility index (Phi) is 4.99. The van der Waals surface area contributed by atoms with E-state index >= 15 is 0 Å². The number of rotatable bonds is 5. The summed E-state index contributed by atoms with van der Waals surface area (Å²) in [5.41, 5.74) is 6.55. The largest absolute Gasteiger partial charge is 0.369 e. The van der Waals surface area contributed by atoms with Gasteiger partial charge in [0.1, 0.15) is 4.47 Å². The molecule has 0 radical (unpaired) electrons. The molecule has 2 N–H and O–H groups in total. The van der Waals surface area contributed by atoms with E-state index in [0.717, 1.165) is 18.5 Å². The maximum absolute atomic E-state index is 12.2. The Morgan fingerprint density at radius 2 is 2.40 bits per heavy atom. The third-order valence-corrected chi connectivity index (χ3v) is 4.81. The molecule has 20 heavy (non-hydrogen) atoms. The van der Waals surface area contributed by atoms with Gasteiger partial charge in [0.25, 0.3) is 5.56 Å². The van der Waals surface area contributed by atoms with Crippen LogP contribution < -0.4 is 16.2 Å². The number of hydrogen-bond donors (Lipinski definition) is 1. The van der Waals surface area contributed by atoms with Gasteiger partial charge in [0, 0.05) is 13.1 Å². The molecule has 6 heteroatoms. The van der Waals surface area contributed by atoms with Crippen molar-refractivity contribution in [2.75, 3.05) is 18.5 Å². The SMILES string of the molecule is C=CCn1ncc(N(C)C2CCCC2CN)c(Br)c1=O. The van der Waals surface area contributed by atoms with Crippen LogP contribution in [0.25, 0.3) is 0 Å². The van der Waals surface area contributed by atoms with Crippen LogP contribution in [0.4, 0.5) is 5.69 Å². The van der Waals surface area contributed by atoms with Crippen molar-refractivity contribution in [3.8, 4) is 0 Å². The maximum atomic E-state index is 12.2. The van der Waals surface area contributed by atoms with Crippen LogP contribution in [0.3, 0.4) is 0 Å².